The first kappa shape index (κ1) is 16.8. The topological polar surface area (TPSA) is 101 Å². The third-order valence-corrected chi connectivity index (χ3v) is 2.09. The maximum absolute atomic E-state index is 11.7. The number of hydrogen-bond acceptors (Lipinski definition) is 4. The number of urea groups is 1. The Morgan fingerprint density at radius 3 is 2.57 bits per heavy atom. The van der Waals surface area contributed by atoms with Gasteiger partial charge in [0.05, 0.1) is 13.2 Å². The summed E-state index contributed by atoms with van der Waals surface area (Å²) in [7, 11) is 0. The number of carboxylic acid groups (broad SMARTS) is 1. The van der Waals surface area contributed by atoms with Crippen molar-refractivity contribution in [3.05, 3.63) is 23.7 Å². The van der Waals surface area contributed by atoms with E-state index in [2.05, 4.69) is 15.4 Å². The zero-order valence-corrected chi connectivity index (χ0v) is 10.7. The maximum Gasteiger partial charge on any atom is 0.411 e. The number of ether oxygens (including phenoxy) is 1. The molecule has 1 heterocycles. The molecule has 0 spiro atoms. The number of nitrogens with one attached hydrogen (secondary N) is 2. The zero-order chi connectivity index (χ0) is 15.9. The summed E-state index contributed by atoms with van der Waals surface area (Å²) in [4.78, 5) is 21.8. The van der Waals surface area contributed by atoms with E-state index in [1.54, 1.807) is 0 Å². The van der Waals surface area contributed by atoms with Crippen LogP contribution >= 0.6 is 0 Å². The van der Waals surface area contributed by atoms with Crippen molar-refractivity contribution in [2.75, 3.05) is 19.8 Å². The van der Waals surface area contributed by atoms with Crippen LogP contribution in [0.4, 0.5) is 18.0 Å². The fourth-order valence-electron chi connectivity index (χ4n) is 1.24. The van der Waals surface area contributed by atoms with E-state index >= 15 is 0 Å². The highest BCUT2D eigenvalue weighted by atomic mass is 19.4. The summed E-state index contributed by atoms with van der Waals surface area (Å²) in [6.07, 6.45) is -4.40. The normalized spacial score (nSPS) is 11.2. The predicted molar refractivity (Wildman–Crippen MR) is 62.8 cm³/mol. The lowest BCUT2D eigenvalue weighted by Crippen LogP contribution is -2.37. The molecule has 10 heteroatoms. The Labute approximate surface area is 117 Å². The minimum Gasteiger partial charge on any atom is -0.475 e. The van der Waals surface area contributed by atoms with Crippen molar-refractivity contribution >= 4 is 12.0 Å². The van der Waals surface area contributed by atoms with E-state index in [0.29, 0.717) is 0 Å². The van der Waals surface area contributed by atoms with Crippen molar-refractivity contribution in [3.8, 4) is 0 Å². The lowest BCUT2D eigenvalue weighted by Gasteiger charge is -2.09. The SMILES string of the molecule is O=C(NCCOCC(F)(F)F)NCc1ccc(C(=O)O)o1. The second-order valence-corrected chi connectivity index (χ2v) is 3.85. The van der Waals surface area contributed by atoms with Crippen molar-refractivity contribution in [2.24, 2.45) is 0 Å². The molecule has 0 radical (unpaired) electrons. The second-order valence-electron chi connectivity index (χ2n) is 3.85. The molecule has 0 atom stereocenters. The van der Waals surface area contributed by atoms with Gasteiger partial charge in [-0.15, -0.1) is 0 Å². The molecular weight excluding hydrogens is 297 g/mol. The average molecular weight is 310 g/mol. The molecular formula is C11H13F3N2O5. The molecule has 1 rings (SSSR count). The largest absolute Gasteiger partial charge is 0.475 e. The summed E-state index contributed by atoms with van der Waals surface area (Å²) in [5.74, 6) is -1.25. The third-order valence-electron chi connectivity index (χ3n) is 2.09. The number of rotatable bonds is 7. The summed E-state index contributed by atoms with van der Waals surface area (Å²) in [5.41, 5.74) is 0. The lowest BCUT2D eigenvalue weighted by atomic mass is 10.4. The van der Waals surface area contributed by atoms with Crippen LogP contribution in [-0.4, -0.2) is 43.0 Å². The summed E-state index contributed by atoms with van der Waals surface area (Å²) in [6, 6.07) is 1.98. The van der Waals surface area contributed by atoms with Crippen molar-refractivity contribution < 1.29 is 37.0 Å². The van der Waals surface area contributed by atoms with Gasteiger partial charge in [-0.2, -0.15) is 13.2 Å². The van der Waals surface area contributed by atoms with Gasteiger partial charge in [-0.3, -0.25) is 0 Å². The number of alkyl halides is 3. The van der Waals surface area contributed by atoms with E-state index < -0.39 is 24.8 Å². The quantitative estimate of drug-likeness (QED) is 0.660. The number of halogens is 3. The molecule has 0 aliphatic heterocycles. The van der Waals surface area contributed by atoms with Crippen LogP contribution < -0.4 is 10.6 Å². The van der Waals surface area contributed by atoms with E-state index in [0.717, 1.165) is 0 Å². The average Bonchev–Trinajstić information content (AvgIpc) is 2.83. The van der Waals surface area contributed by atoms with Crippen molar-refractivity contribution in [2.45, 2.75) is 12.7 Å². The Hall–Kier alpha value is -2.23. The van der Waals surface area contributed by atoms with E-state index in [1.807, 2.05) is 0 Å². The van der Waals surface area contributed by atoms with Crippen LogP contribution in [0.1, 0.15) is 16.3 Å². The van der Waals surface area contributed by atoms with Gasteiger partial charge >= 0.3 is 18.2 Å². The number of carboxylic acids is 1. The molecule has 0 aliphatic carbocycles. The molecule has 21 heavy (non-hydrogen) atoms. The van der Waals surface area contributed by atoms with Gasteiger partial charge < -0.3 is 24.9 Å². The van der Waals surface area contributed by atoms with E-state index in [-0.39, 0.29) is 31.2 Å². The Kier molecular flexibility index (Phi) is 6.03. The van der Waals surface area contributed by atoms with E-state index in [9.17, 15) is 22.8 Å². The minimum absolute atomic E-state index is 0.0531. The predicted octanol–water partition coefficient (Wildman–Crippen LogP) is 1.36. The lowest BCUT2D eigenvalue weighted by molar-refractivity contribution is -0.173. The molecule has 3 N–H and O–H groups in total. The number of furan rings is 1. The molecule has 7 nitrogen and oxygen atoms in total. The standard InChI is InChI=1S/C11H13F3N2O5/c12-11(13,14)6-20-4-3-15-10(19)16-5-7-1-2-8(21-7)9(17)18/h1-2H,3-6H2,(H,17,18)(H2,15,16,19). The molecule has 118 valence electrons. The van der Waals surface area contributed by atoms with Gasteiger partial charge in [-0.1, -0.05) is 0 Å². The van der Waals surface area contributed by atoms with Crippen LogP contribution in [0, 0.1) is 0 Å². The fraction of sp³-hybridized carbons (Fsp3) is 0.455. The van der Waals surface area contributed by atoms with Gasteiger partial charge in [-0.05, 0) is 12.1 Å². The molecule has 0 aromatic carbocycles. The molecule has 0 fully saturated rings. The summed E-state index contributed by atoms with van der Waals surface area (Å²) in [5, 5.41) is 13.2. The first-order chi connectivity index (χ1) is 9.78. The minimum atomic E-state index is -4.40. The summed E-state index contributed by atoms with van der Waals surface area (Å²) >= 11 is 0. The molecule has 0 saturated carbocycles. The molecule has 0 bridgehead atoms. The van der Waals surface area contributed by atoms with Gasteiger partial charge in [0, 0.05) is 6.54 Å². The highest BCUT2D eigenvalue weighted by molar-refractivity contribution is 5.84. The first-order valence-electron chi connectivity index (χ1n) is 5.76. The van der Waals surface area contributed by atoms with E-state index in [4.69, 9.17) is 9.52 Å². The highest BCUT2D eigenvalue weighted by Crippen LogP contribution is 2.13. The van der Waals surface area contributed by atoms with Gasteiger partial charge in [-0.25, -0.2) is 9.59 Å². The molecule has 2 amide bonds. The van der Waals surface area contributed by atoms with Crippen molar-refractivity contribution in [1.29, 1.82) is 0 Å². The third kappa shape index (κ3) is 7.20. The molecule has 1 aromatic heterocycles. The van der Waals surface area contributed by atoms with Crippen LogP contribution in [0.3, 0.4) is 0 Å². The summed E-state index contributed by atoms with van der Waals surface area (Å²) in [6.45, 7) is -1.81. The maximum atomic E-state index is 11.7. The van der Waals surface area contributed by atoms with Crippen molar-refractivity contribution in [3.63, 3.8) is 0 Å². The van der Waals surface area contributed by atoms with Crippen LogP contribution in [-0.2, 0) is 11.3 Å². The monoisotopic (exact) mass is 310 g/mol. The second kappa shape index (κ2) is 7.53. The molecule has 1 aromatic rings. The number of hydrogen-bond donors (Lipinski definition) is 3. The number of carbonyl (C=O) groups excluding carboxylic acids is 1. The number of amides is 2. The zero-order valence-electron chi connectivity index (χ0n) is 10.7. The summed E-state index contributed by atoms with van der Waals surface area (Å²) < 4.78 is 44.4. The van der Waals surface area contributed by atoms with Gasteiger partial charge in [0.25, 0.3) is 0 Å². The highest BCUT2D eigenvalue weighted by Gasteiger charge is 2.27. The smallest absolute Gasteiger partial charge is 0.411 e. The van der Waals surface area contributed by atoms with Crippen molar-refractivity contribution in [1.82, 2.24) is 10.6 Å². The Morgan fingerprint density at radius 1 is 1.29 bits per heavy atom. The number of aromatic carboxylic acids is 1. The van der Waals surface area contributed by atoms with Crippen LogP contribution in [0.15, 0.2) is 16.5 Å². The van der Waals surface area contributed by atoms with Gasteiger partial charge in [0.1, 0.15) is 12.4 Å². The van der Waals surface area contributed by atoms with Crippen LogP contribution in [0.5, 0.6) is 0 Å². The number of carbonyl (C=O) groups is 2. The Bertz CT molecular complexity index is 486. The fourth-order valence-corrected chi connectivity index (χ4v) is 1.24. The molecule has 0 aliphatic rings. The Morgan fingerprint density at radius 2 is 2.00 bits per heavy atom. The van der Waals surface area contributed by atoms with Crippen LogP contribution in [0.25, 0.3) is 0 Å². The Balaban J connectivity index is 2.15. The van der Waals surface area contributed by atoms with Gasteiger partial charge in [0.2, 0.25) is 5.76 Å². The van der Waals surface area contributed by atoms with Gasteiger partial charge in [0.15, 0.2) is 0 Å². The van der Waals surface area contributed by atoms with E-state index in [1.165, 1.54) is 12.1 Å². The van der Waals surface area contributed by atoms with Crippen LogP contribution in [0.2, 0.25) is 0 Å². The first-order valence-corrected chi connectivity index (χ1v) is 5.76. The molecule has 0 saturated heterocycles. The molecule has 0 unspecified atom stereocenters.